The molecule has 1 N–H and O–H groups in total. The molecule has 1 aromatic carbocycles. The maximum Gasteiger partial charge on any atom is 0.335 e. The van der Waals surface area contributed by atoms with Crippen molar-refractivity contribution in [2.24, 2.45) is 0 Å². The van der Waals surface area contributed by atoms with E-state index in [2.05, 4.69) is 0 Å². The van der Waals surface area contributed by atoms with Crippen LogP contribution in [0.5, 0.6) is 0 Å². The summed E-state index contributed by atoms with van der Waals surface area (Å²) in [6.45, 7) is 3.13. The average Bonchev–Trinajstić information content (AvgIpc) is 2.46. The molecule has 1 aliphatic rings. The highest BCUT2D eigenvalue weighted by molar-refractivity contribution is 7.91. The Morgan fingerprint density at radius 2 is 2.00 bits per heavy atom. The zero-order valence-electron chi connectivity index (χ0n) is 11.0. The number of hydrogen-bond acceptors (Lipinski definition) is 5. The third kappa shape index (κ3) is 3.78. The van der Waals surface area contributed by atoms with E-state index in [1.54, 1.807) is 0 Å². The fourth-order valence-electron chi connectivity index (χ4n) is 2.01. The number of morpholine rings is 1. The molecule has 0 aromatic heterocycles. The molecular formula is C13H17NO5S. The van der Waals surface area contributed by atoms with Crippen LogP contribution in [0.15, 0.2) is 29.2 Å². The standard InChI is InChI=1S/C13H17NO5S/c15-13(16)11-2-1-3-12(10-11)20(17,18)9-6-14-4-7-19-8-5-14/h1-3,10H,4-9H2,(H,15,16). The molecule has 2 rings (SSSR count). The average molecular weight is 299 g/mol. The Bertz CT molecular complexity index is 578. The summed E-state index contributed by atoms with van der Waals surface area (Å²) in [7, 11) is -3.46. The topological polar surface area (TPSA) is 83.9 Å². The predicted molar refractivity (Wildman–Crippen MR) is 72.7 cm³/mol. The summed E-state index contributed by atoms with van der Waals surface area (Å²) in [4.78, 5) is 13.0. The van der Waals surface area contributed by atoms with E-state index in [0.29, 0.717) is 19.8 Å². The van der Waals surface area contributed by atoms with Crippen molar-refractivity contribution in [2.75, 3.05) is 38.6 Å². The number of carboxylic acids is 1. The number of rotatable bonds is 5. The molecule has 110 valence electrons. The Kier molecular flexibility index (Phi) is 4.74. The number of carbonyl (C=O) groups is 1. The van der Waals surface area contributed by atoms with Gasteiger partial charge in [0.05, 0.1) is 29.4 Å². The number of aromatic carboxylic acids is 1. The van der Waals surface area contributed by atoms with E-state index < -0.39 is 15.8 Å². The van der Waals surface area contributed by atoms with Gasteiger partial charge in [-0.1, -0.05) is 6.07 Å². The Morgan fingerprint density at radius 3 is 2.65 bits per heavy atom. The molecule has 0 aliphatic carbocycles. The van der Waals surface area contributed by atoms with Crippen LogP contribution in [0.2, 0.25) is 0 Å². The SMILES string of the molecule is O=C(O)c1cccc(S(=O)(=O)CCN2CCOCC2)c1. The van der Waals surface area contributed by atoms with Crippen LogP contribution in [0.25, 0.3) is 0 Å². The van der Waals surface area contributed by atoms with Gasteiger partial charge in [0.15, 0.2) is 9.84 Å². The first-order valence-electron chi connectivity index (χ1n) is 6.35. The van der Waals surface area contributed by atoms with E-state index in [-0.39, 0.29) is 16.2 Å². The van der Waals surface area contributed by atoms with Gasteiger partial charge in [0, 0.05) is 19.6 Å². The minimum atomic E-state index is -3.46. The number of carboxylic acid groups (broad SMARTS) is 1. The normalized spacial score (nSPS) is 17.0. The van der Waals surface area contributed by atoms with E-state index in [1.807, 2.05) is 4.90 Å². The molecule has 6 nitrogen and oxygen atoms in total. The monoisotopic (exact) mass is 299 g/mol. The van der Waals surface area contributed by atoms with Crippen LogP contribution in [-0.2, 0) is 14.6 Å². The zero-order chi connectivity index (χ0) is 14.6. The first-order valence-corrected chi connectivity index (χ1v) is 8.00. The maximum atomic E-state index is 12.2. The van der Waals surface area contributed by atoms with Gasteiger partial charge in [-0.2, -0.15) is 0 Å². The van der Waals surface area contributed by atoms with Crippen molar-refractivity contribution in [3.8, 4) is 0 Å². The third-order valence-corrected chi connectivity index (χ3v) is 4.91. The van der Waals surface area contributed by atoms with Crippen molar-refractivity contribution in [1.29, 1.82) is 0 Å². The number of benzene rings is 1. The lowest BCUT2D eigenvalue weighted by atomic mass is 10.2. The Labute approximate surface area is 117 Å². The molecule has 20 heavy (non-hydrogen) atoms. The second kappa shape index (κ2) is 6.34. The molecular weight excluding hydrogens is 282 g/mol. The number of ether oxygens (including phenoxy) is 1. The first kappa shape index (κ1) is 15.0. The summed E-state index contributed by atoms with van der Waals surface area (Å²) in [5.74, 6) is -1.15. The molecule has 1 aliphatic heterocycles. The highest BCUT2D eigenvalue weighted by atomic mass is 32.2. The van der Waals surface area contributed by atoms with E-state index in [9.17, 15) is 13.2 Å². The molecule has 7 heteroatoms. The van der Waals surface area contributed by atoms with Crippen LogP contribution in [0.4, 0.5) is 0 Å². The predicted octanol–water partition coefficient (Wildman–Crippen LogP) is 0.491. The van der Waals surface area contributed by atoms with Crippen LogP contribution in [0.1, 0.15) is 10.4 Å². The van der Waals surface area contributed by atoms with Crippen molar-refractivity contribution in [3.05, 3.63) is 29.8 Å². The minimum Gasteiger partial charge on any atom is -0.478 e. The third-order valence-electron chi connectivity index (χ3n) is 3.22. The molecule has 0 bridgehead atoms. The van der Waals surface area contributed by atoms with E-state index in [4.69, 9.17) is 9.84 Å². The summed E-state index contributed by atoms with van der Waals surface area (Å²) in [6, 6.07) is 5.46. The first-order chi connectivity index (χ1) is 9.49. The second-order valence-electron chi connectivity index (χ2n) is 4.61. The van der Waals surface area contributed by atoms with Crippen molar-refractivity contribution in [2.45, 2.75) is 4.90 Å². The smallest absolute Gasteiger partial charge is 0.335 e. The lowest BCUT2D eigenvalue weighted by Crippen LogP contribution is -2.39. The fraction of sp³-hybridized carbons (Fsp3) is 0.462. The van der Waals surface area contributed by atoms with Gasteiger partial charge in [-0.25, -0.2) is 13.2 Å². The molecule has 1 saturated heterocycles. The fourth-order valence-corrected chi connectivity index (χ4v) is 3.34. The summed E-state index contributed by atoms with van der Waals surface area (Å²) in [5, 5.41) is 8.89. The summed E-state index contributed by atoms with van der Waals surface area (Å²) in [6.07, 6.45) is 0. The number of hydrogen-bond donors (Lipinski definition) is 1. The quantitative estimate of drug-likeness (QED) is 0.852. The summed E-state index contributed by atoms with van der Waals surface area (Å²) >= 11 is 0. The number of sulfone groups is 1. The van der Waals surface area contributed by atoms with Gasteiger partial charge in [-0.15, -0.1) is 0 Å². The van der Waals surface area contributed by atoms with Crippen LogP contribution in [0, 0.1) is 0 Å². The highest BCUT2D eigenvalue weighted by Crippen LogP contribution is 2.14. The lowest BCUT2D eigenvalue weighted by Gasteiger charge is -2.26. The molecule has 1 aromatic rings. The van der Waals surface area contributed by atoms with Crippen LogP contribution in [-0.4, -0.2) is 63.0 Å². The molecule has 1 fully saturated rings. The van der Waals surface area contributed by atoms with Crippen LogP contribution in [0.3, 0.4) is 0 Å². The molecule has 0 amide bonds. The zero-order valence-corrected chi connectivity index (χ0v) is 11.8. The molecule has 0 saturated carbocycles. The van der Waals surface area contributed by atoms with E-state index in [0.717, 1.165) is 13.1 Å². The van der Waals surface area contributed by atoms with E-state index in [1.165, 1.54) is 24.3 Å². The molecule has 0 radical (unpaired) electrons. The van der Waals surface area contributed by atoms with Gasteiger partial charge < -0.3 is 9.84 Å². The van der Waals surface area contributed by atoms with Crippen LogP contribution >= 0.6 is 0 Å². The lowest BCUT2D eigenvalue weighted by molar-refractivity contribution is 0.0408. The van der Waals surface area contributed by atoms with Crippen LogP contribution < -0.4 is 0 Å². The van der Waals surface area contributed by atoms with Crippen molar-refractivity contribution >= 4 is 15.8 Å². The van der Waals surface area contributed by atoms with Crippen molar-refractivity contribution < 1.29 is 23.1 Å². The van der Waals surface area contributed by atoms with Gasteiger partial charge in [0.1, 0.15) is 0 Å². The van der Waals surface area contributed by atoms with Gasteiger partial charge in [0.2, 0.25) is 0 Å². The van der Waals surface area contributed by atoms with E-state index >= 15 is 0 Å². The largest absolute Gasteiger partial charge is 0.478 e. The number of nitrogens with zero attached hydrogens (tertiary/aromatic N) is 1. The van der Waals surface area contributed by atoms with Crippen molar-refractivity contribution in [3.63, 3.8) is 0 Å². The maximum absolute atomic E-state index is 12.2. The summed E-state index contributed by atoms with van der Waals surface area (Å²) in [5.41, 5.74) is -0.0163. The van der Waals surface area contributed by atoms with Crippen molar-refractivity contribution in [1.82, 2.24) is 4.90 Å². The highest BCUT2D eigenvalue weighted by Gasteiger charge is 2.19. The molecule has 0 atom stereocenters. The molecule has 1 heterocycles. The van der Waals surface area contributed by atoms with Gasteiger partial charge in [-0.05, 0) is 18.2 Å². The Morgan fingerprint density at radius 1 is 1.30 bits per heavy atom. The Hall–Kier alpha value is -1.44. The Balaban J connectivity index is 2.05. The molecule has 0 unspecified atom stereocenters. The van der Waals surface area contributed by atoms with Gasteiger partial charge in [-0.3, -0.25) is 4.90 Å². The molecule has 0 spiro atoms. The second-order valence-corrected chi connectivity index (χ2v) is 6.72. The summed E-state index contributed by atoms with van der Waals surface area (Å²) < 4.78 is 29.6. The minimum absolute atomic E-state index is 0.0163. The van der Waals surface area contributed by atoms with Gasteiger partial charge in [0.25, 0.3) is 0 Å². The van der Waals surface area contributed by atoms with Gasteiger partial charge >= 0.3 is 5.97 Å².